The van der Waals surface area contributed by atoms with Gasteiger partial charge >= 0.3 is 6.18 Å². The Balaban J connectivity index is 1.73. The van der Waals surface area contributed by atoms with Crippen LogP contribution in [0.25, 0.3) is 22.0 Å². The van der Waals surface area contributed by atoms with E-state index in [1.807, 2.05) is 13.0 Å². The third-order valence-electron chi connectivity index (χ3n) is 6.72. The predicted octanol–water partition coefficient (Wildman–Crippen LogP) is 5.69. The van der Waals surface area contributed by atoms with Crippen molar-refractivity contribution in [3.8, 4) is 17.2 Å². The molecule has 0 N–H and O–H groups in total. The lowest BCUT2D eigenvalue weighted by molar-refractivity contribution is -0.137. The molecule has 0 aliphatic carbocycles. The summed E-state index contributed by atoms with van der Waals surface area (Å²) in [7, 11) is 0. The molecule has 2 aromatic carbocycles. The third kappa shape index (κ3) is 4.88. The summed E-state index contributed by atoms with van der Waals surface area (Å²) in [6.07, 6.45) is -4.54. The Morgan fingerprint density at radius 2 is 1.77 bits per heavy atom. The molecule has 3 heterocycles. The molecule has 39 heavy (non-hydrogen) atoms. The summed E-state index contributed by atoms with van der Waals surface area (Å²) < 4.78 is 55.5. The van der Waals surface area contributed by atoms with Crippen molar-refractivity contribution >= 4 is 16.8 Å². The molecule has 4 aromatic rings. The van der Waals surface area contributed by atoms with Crippen molar-refractivity contribution in [3.05, 3.63) is 98.8 Å². The highest BCUT2D eigenvalue weighted by molar-refractivity contribution is 6.07. The summed E-state index contributed by atoms with van der Waals surface area (Å²) in [4.78, 5) is 33.4. The Bertz CT molecular complexity index is 1720. The fraction of sp³-hybridized carbons (Fsp3) is 0.241. The number of nitriles is 1. The van der Waals surface area contributed by atoms with Crippen molar-refractivity contribution in [1.29, 1.82) is 5.26 Å². The second kappa shape index (κ2) is 9.66. The van der Waals surface area contributed by atoms with Gasteiger partial charge in [-0.25, -0.2) is 9.37 Å². The molecule has 1 aliphatic rings. The van der Waals surface area contributed by atoms with E-state index in [9.17, 15) is 32.4 Å². The van der Waals surface area contributed by atoms with Crippen LogP contribution in [0, 0.1) is 30.0 Å². The van der Waals surface area contributed by atoms with Crippen LogP contribution in [0.4, 0.5) is 17.6 Å². The number of fused-ring (bicyclic) bond motifs is 2. The number of alkyl halides is 3. The molecule has 1 atom stereocenters. The number of carbonyl (C=O) groups excluding carboxylic acids is 1. The van der Waals surface area contributed by atoms with Gasteiger partial charge in [0.15, 0.2) is 0 Å². The molecule has 198 valence electrons. The zero-order valence-electron chi connectivity index (χ0n) is 21.0. The number of nitrogens with zero attached hydrogens (tertiary/aromatic N) is 4. The number of benzene rings is 2. The van der Waals surface area contributed by atoms with Gasteiger partial charge in [-0.3, -0.25) is 9.59 Å². The normalized spacial score (nSPS) is 15.7. The molecule has 5 rings (SSSR count). The molecule has 0 radical (unpaired) electrons. The minimum Gasteiger partial charge on any atom is -0.333 e. The van der Waals surface area contributed by atoms with Crippen LogP contribution >= 0.6 is 0 Å². The minimum absolute atomic E-state index is 0.000854. The average Bonchev–Trinajstić information content (AvgIpc) is 3.00. The Morgan fingerprint density at radius 3 is 2.44 bits per heavy atom. The first-order chi connectivity index (χ1) is 18.5. The summed E-state index contributed by atoms with van der Waals surface area (Å²) in [6, 6.07) is 14.0. The Labute approximate surface area is 220 Å². The van der Waals surface area contributed by atoms with Crippen molar-refractivity contribution in [3.63, 3.8) is 0 Å². The molecule has 1 aliphatic heterocycles. The van der Waals surface area contributed by atoms with Gasteiger partial charge in [0, 0.05) is 30.6 Å². The summed E-state index contributed by atoms with van der Waals surface area (Å²) in [5, 5.41) is 9.66. The minimum atomic E-state index is -4.54. The van der Waals surface area contributed by atoms with Gasteiger partial charge in [0.05, 0.1) is 5.56 Å². The summed E-state index contributed by atoms with van der Waals surface area (Å²) in [5.74, 6) is -1.27. The molecular formula is C29H22F4N4O2. The van der Waals surface area contributed by atoms with Gasteiger partial charge in [0.1, 0.15) is 28.8 Å². The first-order valence-electron chi connectivity index (χ1n) is 12.2. The predicted molar refractivity (Wildman–Crippen MR) is 136 cm³/mol. The van der Waals surface area contributed by atoms with E-state index in [4.69, 9.17) is 0 Å². The molecule has 0 unspecified atom stereocenters. The Kier molecular flexibility index (Phi) is 6.46. The van der Waals surface area contributed by atoms with Crippen LogP contribution in [-0.4, -0.2) is 26.9 Å². The molecule has 0 fully saturated rings. The quantitative estimate of drug-likeness (QED) is 0.316. The molecule has 10 heteroatoms. The van der Waals surface area contributed by atoms with Crippen molar-refractivity contribution in [2.45, 2.75) is 33.1 Å². The second-order valence-electron chi connectivity index (χ2n) is 9.85. The van der Waals surface area contributed by atoms with E-state index in [0.29, 0.717) is 27.6 Å². The van der Waals surface area contributed by atoms with Crippen LogP contribution in [0.15, 0.2) is 59.4 Å². The van der Waals surface area contributed by atoms with Crippen LogP contribution in [-0.2, 0) is 19.3 Å². The van der Waals surface area contributed by atoms with E-state index in [1.165, 1.54) is 45.9 Å². The number of amides is 1. The standard InChI is InChI=1S/C29H22F4N4O2/c1-16-9-18(11-20(10-16)29(31,32)33)15-36-13-17(2)14-37-26(28(36)39)24(19-3-5-21(30)6-4-19)23-8-7-22(12-34)35-25(23)27(37)38/h3-11,17H,13-15H2,1-2H3/t17-/m0/s1. The Morgan fingerprint density at radius 1 is 1.05 bits per heavy atom. The summed E-state index contributed by atoms with van der Waals surface area (Å²) in [5.41, 5.74) is 0.215. The summed E-state index contributed by atoms with van der Waals surface area (Å²) in [6.45, 7) is 3.61. The van der Waals surface area contributed by atoms with Gasteiger partial charge in [0.25, 0.3) is 11.5 Å². The van der Waals surface area contributed by atoms with Gasteiger partial charge in [-0.1, -0.05) is 30.7 Å². The van der Waals surface area contributed by atoms with Crippen molar-refractivity contribution in [2.75, 3.05) is 6.54 Å². The lowest BCUT2D eigenvalue weighted by Gasteiger charge is -2.24. The van der Waals surface area contributed by atoms with Crippen LogP contribution in [0.5, 0.6) is 0 Å². The van der Waals surface area contributed by atoms with Gasteiger partial charge in [-0.15, -0.1) is 0 Å². The SMILES string of the molecule is Cc1cc(CN2C[C@H](C)Cn3c(c(-c4ccc(F)cc4)c4ccc(C#N)nc4c3=O)C2=O)cc(C(F)(F)F)c1. The van der Waals surface area contributed by atoms with E-state index < -0.39 is 29.0 Å². The maximum Gasteiger partial charge on any atom is 0.416 e. The highest BCUT2D eigenvalue weighted by Crippen LogP contribution is 2.34. The number of hydrogen-bond acceptors (Lipinski definition) is 4. The van der Waals surface area contributed by atoms with Crippen molar-refractivity contribution in [2.24, 2.45) is 5.92 Å². The van der Waals surface area contributed by atoms with Gasteiger partial charge in [-0.05, 0) is 60.4 Å². The third-order valence-corrected chi connectivity index (χ3v) is 6.72. The monoisotopic (exact) mass is 534 g/mol. The fourth-order valence-electron chi connectivity index (χ4n) is 5.14. The smallest absolute Gasteiger partial charge is 0.333 e. The molecule has 0 saturated carbocycles. The van der Waals surface area contributed by atoms with Crippen LogP contribution < -0.4 is 5.56 Å². The van der Waals surface area contributed by atoms with Crippen molar-refractivity contribution < 1.29 is 22.4 Å². The molecule has 2 aromatic heterocycles. The summed E-state index contributed by atoms with van der Waals surface area (Å²) >= 11 is 0. The number of halogens is 4. The van der Waals surface area contributed by atoms with E-state index in [-0.39, 0.29) is 42.5 Å². The number of pyridine rings is 2. The number of hydrogen-bond donors (Lipinski definition) is 0. The largest absolute Gasteiger partial charge is 0.416 e. The maximum absolute atomic E-state index is 14.1. The van der Waals surface area contributed by atoms with Gasteiger partial charge in [0.2, 0.25) is 0 Å². The zero-order chi connectivity index (χ0) is 28.1. The van der Waals surface area contributed by atoms with Crippen molar-refractivity contribution in [1.82, 2.24) is 14.5 Å². The molecule has 6 nitrogen and oxygen atoms in total. The van der Waals surface area contributed by atoms with E-state index >= 15 is 0 Å². The lowest BCUT2D eigenvalue weighted by atomic mass is 9.97. The van der Waals surface area contributed by atoms with Gasteiger partial charge in [-0.2, -0.15) is 18.4 Å². The molecule has 1 amide bonds. The topological polar surface area (TPSA) is 79.0 Å². The molecule has 0 spiro atoms. The molecular weight excluding hydrogens is 512 g/mol. The van der Waals surface area contributed by atoms with Crippen LogP contribution in [0.2, 0.25) is 0 Å². The number of carbonyl (C=O) groups is 1. The maximum atomic E-state index is 14.1. The van der Waals surface area contributed by atoms with E-state index in [2.05, 4.69) is 4.98 Å². The molecule has 0 bridgehead atoms. The van der Waals surface area contributed by atoms with Crippen LogP contribution in [0.1, 0.15) is 39.8 Å². The first kappa shape index (κ1) is 26.1. The van der Waals surface area contributed by atoms with Gasteiger partial charge < -0.3 is 9.47 Å². The highest BCUT2D eigenvalue weighted by atomic mass is 19.4. The zero-order valence-corrected chi connectivity index (χ0v) is 21.0. The first-order valence-corrected chi connectivity index (χ1v) is 12.2. The van der Waals surface area contributed by atoms with Crippen LogP contribution in [0.3, 0.4) is 0 Å². The number of aryl methyl sites for hydroxylation is 1. The highest BCUT2D eigenvalue weighted by Gasteiger charge is 2.34. The average molecular weight is 535 g/mol. The fourth-order valence-corrected chi connectivity index (χ4v) is 5.14. The van der Waals surface area contributed by atoms with E-state index in [1.54, 1.807) is 13.0 Å². The second-order valence-corrected chi connectivity index (χ2v) is 9.85. The Hall–Kier alpha value is -4.52. The lowest BCUT2D eigenvalue weighted by Crippen LogP contribution is -2.34. The number of rotatable bonds is 3. The molecule has 0 saturated heterocycles. The van der Waals surface area contributed by atoms with E-state index in [0.717, 1.165) is 12.1 Å². The number of aromatic nitrogens is 2.